The molecule has 12 nitrogen and oxygen atoms in total. The van der Waals surface area contributed by atoms with Gasteiger partial charge in [-0.05, 0) is 50.4 Å². The zero-order valence-electron chi connectivity index (χ0n) is 22.9. The molecule has 0 bridgehead atoms. The predicted octanol–water partition coefficient (Wildman–Crippen LogP) is 2.37. The number of carboxylic acids is 4. The average Bonchev–Trinajstić information content (AvgIpc) is 3.44. The van der Waals surface area contributed by atoms with Crippen LogP contribution in [0.3, 0.4) is 0 Å². The standard InChI is InChI=1S/C20H31N3O.2C4H4O4/c1-3-23(20(24)16-22-14-12-21(2)13-15-22)19-10-8-18(9-11-19)17-6-4-5-7-17;2*5-3(6)1-2-4(7)8/h8-11,17H,3-7,12-16H2,1-2H3;2*1-2H,(H,5,6)(H,7,8)/b;2*2-1-. The molecule has 2 fully saturated rings. The molecule has 4 N–H and O–H groups in total. The lowest BCUT2D eigenvalue weighted by molar-refractivity contribution is -0.134. The fourth-order valence-electron chi connectivity index (χ4n) is 4.26. The van der Waals surface area contributed by atoms with Gasteiger partial charge in [-0.3, -0.25) is 9.69 Å². The summed E-state index contributed by atoms with van der Waals surface area (Å²) in [6.07, 6.45) is 7.59. The summed E-state index contributed by atoms with van der Waals surface area (Å²) < 4.78 is 0. The minimum atomic E-state index is -1.26. The number of carbonyl (C=O) groups excluding carboxylic acids is 1. The molecule has 1 saturated heterocycles. The molecular weight excluding hydrogens is 522 g/mol. The molecule has 0 aromatic heterocycles. The molecular formula is C28H39N3O9. The largest absolute Gasteiger partial charge is 0.478 e. The van der Waals surface area contributed by atoms with Gasteiger partial charge in [-0.2, -0.15) is 0 Å². The van der Waals surface area contributed by atoms with Gasteiger partial charge in [-0.1, -0.05) is 25.0 Å². The van der Waals surface area contributed by atoms with Gasteiger partial charge >= 0.3 is 23.9 Å². The Morgan fingerprint density at radius 2 is 1.20 bits per heavy atom. The number of carboxylic acid groups (broad SMARTS) is 4. The first-order valence-electron chi connectivity index (χ1n) is 13.0. The Hall–Kier alpha value is -4.03. The van der Waals surface area contributed by atoms with Crippen LogP contribution in [0.15, 0.2) is 48.6 Å². The number of carbonyl (C=O) groups is 5. The van der Waals surface area contributed by atoms with E-state index in [0.717, 1.165) is 44.3 Å². The van der Waals surface area contributed by atoms with Crippen molar-refractivity contribution in [2.45, 2.75) is 38.5 Å². The minimum Gasteiger partial charge on any atom is -0.478 e. The Bertz CT molecular complexity index is 974. The Morgan fingerprint density at radius 3 is 1.57 bits per heavy atom. The van der Waals surface area contributed by atoms with Gasteiger partial charge in [0.05, 0.1) is 6.54 Å². The quantitative estimate of drug-likeness (QED) is 0.326. The number of likely N-dealkylation sites (N-methyl/N-ethyl adjacent to an activating group) is 2. The summed E-state index contributed by atoms with van der Waals surface area (Å²) in [5.41, 5.74) is 2.48. The Morgan fingerprint density at radius 1 is 0.775 bits per heavy atom. The lowest BCUT2D eigenvalue weighted by Crippen LogP contribution is -2.49. The van der Waals surface area contributed by atoms with E-state index in [9.17, 15) is 24.0 Å². The van der Waals surface area contributed by atoms with Crippen LogP contribution in [0.2, 0.25) is 0 Å². The monoisotopic (exact) mass is 561 g/mol. The summed E-state index contributed by atoms with van der Waals surface area (Å²) in [5.74, 6) is -4.08. The number of benzene rings is 1. The minimum absolute atomic E-state index is 0.218. The summed E-state index contributed by atoms with van der Waals surface area (Å²) in [6.45, 7) is 7.40. The van der Waals surface area contributed by atoms with Gasteiger partial charge in [0, 0.05) is 62.7 Å². The Kier molecular flexibility index (Phi) is 15.5. The third-order valence-corrected chi connectivity index (χ3v) is 6.34. The van der Waals surface area contributed by atoms with Crippen molar-refractivity contribution in [2.24, 2.45) is 0 Å². The molecule has 1 aromatic carbocycles. The Balaban J connectivity index is 0.000000412. The maximum absolute atomic E-state index is 12.7. The summed E-state index contributed by atoms with van der Waals surface area (Å²) >= 11 is 0. The van der Waals surface area contributed by atoms with Gasteiger partial charge < -0.3 is 30.2 Å². The molecule has 1 aliphatic heterocycles. The lowest BCUT2D eigenvalue weighted by atomic mass is 9.97. The van der Waals surface area contributed by atoms with Crippen LogP contribution in [-0.2, 0) is 24.0 Å². The highest BCUT2D eigenvalue weighted by molar-refractivity contribution is 5.94. The summed E-state index contributed by atoms with van der Waals surface area (Å²) in [5, 5.41) is 31.2. The molecule has 220 valence electrons. The van der Waals surface area contributed by atoms with Crippen molar-refractivity contribution >= 4 is 35.5 Å². The van der Waals surface area contributed by atoms with E-state index in [2.05, 4.69) is 48.0 Å². The van der Waals surface area contributed by atoms with E-state index in [1.54, 1.807) is 0 Å². The van der Waals surface area contributed by atoms with Crippen molar-refractivity contribution in [1.29, 1.82) is 0 Å². The van der Waals surface area contributed by atoms with E-state index < -0.39 is 23.9 Å². The first kappa shape index (κ1) is 34.0. The third kappa shape index (κ3) is 14.2. The third-order valence-electron chi connectivity index (χ3n) is 6.34. The molecule has 2 aliphatic rings. The van der Waals surface area contributed by atoms with Crippen molar-refractivity contribution in [1.82, 2.24) is 9.80 Å². The SMILES string of the molecule is CCN(C(=O)CN1CCN(C)CC1)c1ccc(C2CCCC2)cc1.O=C(O)/C=C\C(=O)O.O=C(O)/C=C\C(=O)O. The van der Waals surface area contributed by atoms with Crippen LogP contribution >= 0.6 is 0 Å². The zero-order valence-corrected chi connectivity index (χ0v) is 22.9. The molecule has 40 heavy (non-hydrogen) atoms. The van der Waals surface area contributed by atoms with Crippen molar-refractivity contribution in [3.05, 3.63) is 54.1 Å². The van der Waals surface area contributed by atoms with E-state index in [1.807, 2.05) is 4.90 Å². The molecule has 1 saturated carbocycles. The number of piperazine rings is 1. The van der Waals surface area contributed by atoms with Gasteiger partial charge in [0.1, 0.15) is 0 Å². The number of hydrogen-bond acceptors (Lipinski definition) is 7. The molecule has 12 heteroatoms. The van der Waals surface area contributed by atoms with Gasteiger partial charge in [-0.15, -0.1) is 0 Å². The van der Waals surface area contributed by atoms with E-state index in [4.69, 9.17) is 20.4 Å². The lowest BCUT2D eigenvalue weighted by Gasteiger charge is -2.33. The van der Waals surface area contributed by atoms with Gasteiger partial charge in [-0.25, -0.2) is 19.2 Å². The van der Waals surface area contributed by atoms with Crippen LogP contribution in [-0.4, -0.2) is 106 Å². The van der Waals surface area contributed by atoms with E-state index in [0.29, 0.717) is 30.8 Å². The van der Waals surface area contributed by atoms with Crippen molar-refractivity contribution < 1.29 is 44.4 Å². The number of anilines is 1. The van der Waals surface area contributed by atoms with E-state index in [1.165, 1.54) is 31.2 Å². The topological polar surface area (TPSA) is 176 Å². The molecule has 1 amide bonds. The van der Waals surface area contributed by atoms with Crippen LogP contribution < -0.4 is 4.90 Å². The molecule has 1 heterocycles. The summed E-state index contributed by atoms with van der Waals surface area (Å²) in [7, 11) is 2.14. The second kappa shape index (κ2) is 18.3. The molecule has 0 radical (unpaired) electrons. The predicted molar refractivity (Wildman–Crippen MR) is 148 cm³/mol. The van der Waals surface area contributed by atoms with Crippen LogP contribution in [0.1, 0.15) is 44.1 Å². The number of aliphatic carboxylic acids is 4. The van der Waals surface area contributed by atoms with Gasteiger partial charge in [0.2, 0.25) is 5.91 Å². The van der Waals surface area contributed by atoms with E-state index >= 15 is 0 Å². The first-order chi connectivity index (χ1) is 18.9. The highest BCUT2D eigenvalue weighted by atomic mass is 16.4. The first-order valence-corrected chi connectivity index (χ1v) is 13.0. The van der Waals surface area contributed by atoms with Crippen LogP contribution in [0.4, 0.5) is 5.69 Å². The van der Waals surface area contributed by atoms with Crippen LogP contribution in [0.25, 0.3) is 0 Å². The van der Waals surface area contributed by atoms with Gasteiger partial charge in [0.25, 0.3) is 0 Å². The highest BCUT2D eigenvalue weighted by Crippen LogP contribution is 2.34. The van der Waals surface area contributed by atoms with Crippen LogP contribution in [0.5, 0.6) is 0 Å². The number of nitrogens with zero attached hydrogens (tertiary/aromatic N) is 3. The highest BCUT2D eigenvalue weighted by Gasteiger charge is 2.21. The van der Waals surface area contributed by atoms with Gasteiger partial charge in [0.15, 0.2) is 0 Å². The summed E-state index contributed by atoms with van der Waals surface area (Å²) in [4.78, 5) is 57.5. The number of amides is 1. The van der Waals surface area contributed by atoms with Crippen molar-refractivity contribution in [3.8, 4) is 0 Å². The molecule has 1 aliphatic carbocycles. The maximum atomic E-state index is 12.7. The fraction of sp³-hybridized carbons (Fsp3) is 0.464. The fourth-order valence-corrected chi connectivity index (χ4v) is 4.26. The van der Waals surface area contributed by atoms with Crippen molar-refractivity contribution in [2.75, 3.05) is 51.2 Å². The Labute approximate surface area is 233 Å². The number of rotatable bonds is 9. The summed E-state index contributed by atoms with van der Waals surface area (Å²) in [6, 6.07) is 8.74. The maximum Gasteiger partial charge on any atom is 0.328 e. The molecule has 0 unspecified atom stereocenters. The second-order valence-electron chi connectivity index (χ2n) is 9.31. The van der Waals surface area contributed by atoms with E-state index in [-0.39, 0.29) is 5.91 Å². The molecule has 1 aromatic rings. The van der Waals surface area contributed by atoms with Crippen LogP contribution in [0, 0.1) is 0 Å². The number of hydrogen-bond donors (Lipinski definition) is 4. The molecule has 3 rings (SSSR count). The van der Waals surface area contributed by atoms with Crippen molar-refractivity contribution in [3.63, 3.8) is 0 Å². The zero-order chi connectivity index (χ0) is 30.1. The average molecular weight is 562 g/mol. The smallest absolute Gasteiger partial charge is 0.328 e. The second-order valence-corrected chi connectivity index (χ2v) is 9.31. The molecule has 0 atom stereocenters. The molecule has 0 spiro atoms. The normalized spacial score (nSPS) is 16.1.